The molecular formula is C23H26BrN3O2S. The number of unbranched alkanes of at least 4 members (excludes halogenated alkanes) is 1. The van der Waals surface area contributed by atoms with Crippen molar-refractivity contribution in [2.24, 2.45) is 0 Å². The smallest absolute Gasteiger partial charge is 0.255 e. The van der Waals surface area contributed by atoms with Crippen LogP contribution in [0.25, 0.3) is 0 Å². The maximum Gasteiger partial charge on any atom is 0.255 e. The lowest BCUT2D eigenvalue weighted by Crippen LogP contribution is -2.45. The summed E-state index contributed by atoms with van der Waals surface area (Å²) in [6, 6.07) is 13.2. The Labute approximate surface area is 191 Å². The highest BCUT2D eigenvalue weighted by Crippen LogP contribution is 2.33. The summed E-state index contributed by atoms with van der Waals surface area (Å²) in [5.41, 5.74) is 4.13. The van der Waals surface area contributed by atoms with Crippen LogP contribution in [0.1, 0.15) is 43.9 Å². The molecule has 1 aliphatic heterocycles. The second-order valence-electron chi connectivity index (χ2n) is 7.28. The van der Waals surface area contributed by atoms with Gasteiger partial charge in [0.25, 0.3) is 5.91 Å². The molecule has 0 aliphatic carbocycles. The molecule has 30 heavy (non-hydrogen) atoms. The van der Waals surface area contributed by atoms with Crippen molar-refractivity contribution in [3.05, 3.63) is 69.3 Å². The topological polar surface area (TPSA) is 62.4 Å². The number of halogens is 1. The van der Waals surface area contributed by atoms with E-state index in [1.807, 2.05) is 56.3 Å². The van der Waals surface area contributed by atoms with Crippen molar-refractivity contribution in [1.29, 1.82) is 0 Å². The first kappa shape index (κ1) is 22.3. The first-order valence-corrected chi connectivity index (χ1v) is 11.2. The van der Waals surface area contributed by atoms with E-state index >= 15 is 0 Å². The molecule has 0 spiro atoms. The largest absolute Gasteiger partial charge is 0.492 e. The second kappa shape index (κ2) is 10.1. The van der Waals surface area contributed by atoms with E-state index in [1.165, 1.54) is 0 Å². The van der Waals surface area contributed by atoms with Gasteiger partial charge in [-0.15, -0.1) is 0 Å². The number of carbonyl (C=O) groups is 1. The Balaban J connectivity index is 1.86. The van der Waals surface area contributed by atoms with Gasteiger partial charge >= 0.3 is 0 Å². The van der Waals surface area contributed by atoms with Gasteiger partial charge in [-0.25, -0.2) is 0 Å². The monoisotopic (exact) mass is 487 g/mol. The Morgan fingerprint density at radius 3 is 2.60 bits per heavy atom. The van der Waals surface area contributed by atoms with Crippen molar-refractivity contribution in [2.45, 2.75) is 39.7 Å². The number of carbonyl (C=O) groups excluding carboxylic acids is 1. The van der Waals surface area contributed by atoms with Gasteiger partial charge in [0.15, 0.2) is 5.11 Å². The van der Waals surface area contributed by atoms with Crippen LogP contribution in [0.2, 0.25) is 0 Å². The molecule has 7 heteroatoms. The maximum absolute atomic E-state index is 13.2. The molecule has 0 saturated heterocycles. The third-order valence-corrected chi connectivity index (χ3v) is 5.71. The molecule has 2 aromatic carbocycles. The Morgan fingerprint density at radius 2 is 1.93 bits per heavy atom. The quantitative estimate of drug-likeness (QED) is 0.362. The van der Waals surface area contributed by atoms with Gasteiger partial charge in [0, 0.05) is 11.4 Å². The number of amides is 1. The van der Waals surface area contributed by atoms with E-state index in [-0.39, 0.29) is 11.9 Å². The van der Waals surface area contributed by atoms with Gasteiger partial charge in [-0.2, -0.15) is 0 Å². The van der Waals surface area contributed by atoms with E-state index in [0.717, 1.165) is 45.6 Å². The van der Waals surface area contributed by atoms with E-state index in [9.17, 15) is 4.79 Å². The van der Waals surface area contributed by atoms with E-state index in [1.54, 1.807) is 0 Å². The minimum absolute atomic E-state index is 0.178. The first-order chi connectivity index (χ1) is 14.4. The molecule has 0 aromatic heterocycles. The van der Waals surface area contributed by atoms with E-state index in [0.29, 0.717) is 17.3 Å². The molecule has 0 bridgehead atoms. The molecule has 1 heterocycles. The van der Waals surface area contributed by atoms with E-state index < -0.39 is 0 Å². The second-order valence-corrected chi connectivity index (χ2v) is 8.54. The summed E-state index contributed by atoms with van der Waals surface area (Å²) in [5, 5.41) is 9.77. The van der Waals surface area contributed by atoms with Crippen molar-refractivity contribution in [3.8, 4) is 5.75 Å². The van der Waals surface area contributed by atoms with E-state index in [2.05, 4.69) is 38.8 Å². The Kier molecular flexibility index (Phi) is 7.50. The number of rotatable bonds is 7. The van der Waals surface area contributed by atoms with Gasteiger partial charge < -0.3 is 20.7 Å². The van der Waals surface area contributed by atoms with Crippen LogP contribution in [-0.4, -0.2) is 17.6 Å². The Morgan fingerprint density at radius 1 is 1.20 bits per heavy atom. The minimum atomic E-state index is -0.370. The zero-order valence-electron chi connectivity index (χ0n) is 17.3. The highest BCUT2D eigenvalue weighted by Gasteiger charge is 2.30. The molecule has 3 N–H and O–H groups in total. The minimum Gasteiger partial charge on any atom is -0.492 e. The predicted molar refractivity (Wildman–Crippen MR) is 129 cm³/mol. The number of thiocarbonyl (C=S) groups is 1. The van der Waals surface area contributed by atoms with Crippen LogP contribution in [0.3, 0.4) is 0 Å². The van der Waals surface area contributed by atoms with Crippen molar-refractivity contribution < 1.29 is 9.53 Å². The van der Waals surface area contributed by atoms with Crippen LogP contribution >= 0.6 is 28.1 Å². The fourth-order valence-corrected chi connectivity index (χ4v) is 4.00. The lowest BCUT2D eigenvalue weighted by atomic mass is 9.95. The van der Waals surface area contributed by atoms with E-state index in [4.69, 9.17) is 17.0 Å². The molecule has 2 aromatic rings. The zero-order chi connectivity index (χ0) is 21.7. The Hall–Kier alpha value is -2.38. The summed E-state index contributed by atoms with van der Waals surface area (Å²) in [4.78, 5) is 13.2. The van der Waals surface area contributed by atoms with Crippen LogP contribution < -0.4 is 20.7 Å². The third kappa shape index (κ3) is 5.40. The predicted octanol–water partition coefficient (Wildman–Crippen LogP) is 5.37. The van der Waals surface area contributed by atoms with Gasteiger partial charge in [-0.3, -0.25) is 4.79 Å². The molecule has 1 aliphatic rings. The van der Waals surface area contributed by atoms with Crippen molar-refractivity contribution in [1.82, 2.24) is 10.6 Å². The van der Waals surface area contributed by atoms with Crippen LogP contribution in [0.4, 0.5) is 5.69 Å². The van der Waals surface area contributed by atoms with Crippen molar-refractivity contribution in [3.63, 3.8) is 0 Å². The normalized spacial score (nSPS) is 16.0. The fourth-order valence-electron chi connectivity index (χ4n) is 3.22. The molecule has 5 nitrogen and oxygen atoms in total. The zero-order valence-corrected chi connectivity index (χ0v) is 19.7. The molecule has 1 atom stereocenters. The van der Waals surface area contributed by atoms with Gasteiger partial charge in [0.2, 0.25) is 0 Å². The van der Waals surface area contributed by atoms with Gasteiger partial charge in [0.05, 0.1) is 22.7 Å². The molecule has 0 unspecified atom stereocenters. The Bertz CT molecular complexity index is 973. The molecule has 0 radical (unpaired) electrons. The molecular weight excluding hydrogens is 462 g/mol. The molecule has 0 saturated carbocycles. The summed E-state index contributed by atoms with van der Waals surface area (Å²) in [6.07, 6.45) is 2.08. The number of allylic oxidation sites excluding steroid dienone is 1. The van der Waals surface area contributed by atoms with Crippen LogP contribution in [0, 0.1) is 6.92 Å². The number of benzene rings is 2. The van der Waals surface area contributed by atoms with Crippen LogP contribution in [0.5, 0.6) is 5.75 Å². The maximum atomic E-state index is 13.2. The van der Waals surface area contributed by atoms with Gasteiger partial charge in [-0.1, -0.05) is 37.1 Å². The number of anilines is 1. The number of ether oxygens (including phenoxy) is 1. The van der Waals surface area contributed by atoms with Crippen LogP contribution in [0.15, 0.2) is 58.2 Å². The number of aryl methyl sites for hydroxylation is 1. The summed E-state index contributed by atoms with van der Waals surface area (Å²) in [6.45, 7) is 6.68. The highest BCUT2D eigenvalue weighted by atomic mass is 79.9. The van der Waals surface area contributed by atoms with Crippen molar-refractivity contribution in [2.75, 3.05) is 11.9 Å². The molecule has 1 amide bonds. The highest BCUT2D eigenvalue weighted by molar-refractivity contribution is 9.10. The van der Waals surface area contributed by atoms with Crippen molar-refractivity contribution >= 4 is 44.9 Å². The molecule has 0 fully saturated rings. The molecule has 3 rings (SSSR count). The third-order valence-electron chi connectivity index (χ3n) is 4.87. The average molecular weight is 488 g/mol. The van der Waals surface area contributed by atoms with Gasteiger partial charge in [-0.05, 0) is 78.2 Å². The first-order valence-electron chi connectivity index (χ1n) is 9.97. The van der Waals surface area contributed by atoms with Crippen LogP contribution in [-0.2, 0) is 4.79 Å². The summed E-state index contributed by atoms with van der Waals surface area (Å²) in [5.74, 6) is 0.610. The SMILES string of the molecule is CCCCOc1ccc([C@@H]2NC(=S)NC(C)=C2C(=O)Nc2ccc(C)cc2)cc1Br. The lowest BCUT2D eigenvalue weighted by molar-refractivity contribution is -0.113. The fraction of sp³-hybridized carbons (Fsp3) is 0.304. The summed E-state index contributed by atoms with van der Waals surface area (Å²) in [7, 11) is 0. The molecule has 158 valence electrons. The summed E-state index contributed by atoms with van der Waals surface area (Å²) < 4.78 is 6.67. The standard InChI is InChI=1S/C23H26BrN3O2S/c1-4-5-12-29-19-11-8-16(13-18(19)24)21-20(15(3)25-23(30)27-21)22(28)26-17-9-6-14(2)7-10-17/h6-11,13,21H,4-5,12H2,1-3H3,(H,26,28)(H2,25,27,30)/t21-/m0/s1. The summed E-state index contributed by atoms with van der Waals surface area (Å²) >= 11 is 8.94. The number of hydrogen-bond acceptors (Lipinski definition) is 3. The number of nitrogens with one attached hydrogen (secondary N) is 3. The lowest BCUT2D eigenvalue weighted by Gasteiger charge is -2.30. The van der Waals surface area contributed by atoms with Gasteiger partial charge in [0.1, 0.15) is 5.75 Å². The number of hydrogen-bond donors (Lipinski definition) is 3. The average Bonchev–Trinajstić information content (AvgIpc) is 2.70.